The van der Waals surface area contributed by atoms with E-state index in [1.807, 2.05) is 0 Å². The number of carboxylic acids is 1. The second-order valence-corrected chi connectivity index (χ2v) is 3.35. The van der Waals surface area contributed by atoms with Gasteiger partial charge in [0.25, 0.3) is 0 Å². The average Bonchev–Trinajstić information content (AvgIpc) is 2.53. The molecule has 0 aliphatic rings. The zero-order valence-corrected chi connectivity index (χ0v) is 7.84. The summed E-state index contributed by atoms with van der Waals surface area (Å²) < 4.78 is 5.24. The van der Waals surface area contributed by atoms with E-state index in [1.54, 1.807) is 5.38 Å². The molecule has 13 heavy (non-hydrogen) atoms. The van der Waals surface area contributed by atoms with Gasteiger partial charge in [-0.3, -0.25) is 0 Å². The third-order valence-electron chi connectivity index (χ3n) is 1.40. The van der Waals surface area contributed by atoms with E-state index in [0.29, 0.717) is 23.8 Å². The summed E-state index contributed by atoms with van der Waals surface area (Å²) in [6.45, 7) is 1.11. The van der Waals surface area contributed by atoms with Crippen LogP contribution in [0.2, 0.25) is 0 Å². The van der Waals surface area contributed by atoms with Gasteiger partial charge in [0.15, 0.2) is 0 Å². The van der Waals surface area contributed by atoms with Gasteiger partial charge in [-0.05, 0) is 13.0 Å². The van der Waals surface area contributed by atoms with Gasteiger partial charge in [-0.25, -0.2) is 4.79 Å². The van der Waals surface area contributed by atoms with Gasteiger partial charge < -0.3 is 15.6 Å². The lowest BCUT2D eigenvalue weighted by Crippen LogP contribution is -2.05. The molecule has 0 aliphatic heterocycles. The molecule has 0 fully saturated rings. The van der Waals surface area contributed by atoms with Crippen molar-refractivity contribution in [3.05, 3.63) is 16.3 Å². The Labute approximate surface area is 79.9 Å². The Kier molecular flexibility index (Phi) is 3.72. The van der Waals surface area contributed by atoms with E-state index in [-0.39, 0.29) is 0 Å². The Morgan fingerprint density at radius 2 is 2.46 bits per heavy atom. The Morgan fingerprint density at radius 1 is 1.69 bits per heavy atom. The zero-order chi connectivity index (χ0) is 9.68. The second-order valence-electron chi connectivity index (χ2n) is 2.44. The summed E-state index contributed by atoms with van der Waals surface area (Å²) in [6, 6.07) is 1.52. The molecule has 1 aromatic rings. The number of aromatic carboxylic acids is 1. The summed E-state index contributed by atoms with van der Waals surface area (Å²) in [5.41, 5.74) is 5.27. The van der Waals surface area contributed by atoms with Crippen molar-refractivity contribution in [3.63, 3.8) is 0 Å². The van der Waals surface area contributed by atoms with Crippen LogP contribution in [0.25, 0.3) is 0 Å². The number of ether oxygens (including phenoxy) is 1. The standard InChI is InChI=1S/C8H11NO3S/c9-2-1-3-12-6-4-7(8(10)11)13-5-6/h4-5H,1-3,9H2,(H,10,11). The highest BCUT2D eigenvalue weighted by Gasteiger charge is 2.06. The monoisotopic (exact) mass is 201 g/mol. The molecule has 0 aliphatic carbocycles. The minimum absolute atomic E-state index is 0.294. The van der Waals surface area contributed by atoms with Crippen molar-refractivity contribution in [3.8, 4) is 5.75 Å². The Bertz CT molecular complexity index is 285. The molecule has 3 N–H and O–H groups in total. The first-order valence-corrected chi connectivity index (χ1v) is 4.76. The molecule has 0 atom stereocenters. The lowest BCUT2D eigenvalue weighted by molar-refractivity contribution is 0.0702. The lowest BCUT2D eigenvalue weighted by atomic mass is 10.4. The molecule has 72 valence electrons. The number of hydrogen-bond donors (Lipinski definition) is 2. The molecule has 0 saturated heterocycles. The Morgan fingerprint density at radius 3 is 3.00 bits per heavy atom. The van der Waals surface area contributed by atoms with E-state index in [1.165, 1.54) is 6.07 Å². The van der Waals surface area contributed by atoms with Gasteiger partial charge in [0.05, 0.1) is 6.61 Å². The average molecular weight is 201 g/mol. The summed E-state index contributed by atoms with van der Waals surface area (Å²) in [4.78, 5) is 10.8. The molecule has 4 nitrogen and oxygen atoms in total. The lowest BCUT2D eigenvalue weighted by Gasteiger charge is -2.00. The van der Waals surface area contributed by atoms with Crippen molar-refractivity contribution in [2.24, 2.45) is 5.73 Å². The highest BCUT2D eigenvalue weighted by Crippen LogP contribution is 2.21. The number of rotatable bonds is 5. The van der Waals surface area contributed by atoms with Crippen LogP contribution < -0.4 is 10.5 Å². The van der Waals surface area contributed by atoms with E-state index in [9.17, 15) is 4.79 Å². The van der Waals surface area contributed by atoms with E-state index >= 15 is 0 Å². The number of hydrogen-bond acceptors (Lipinski definition) is 4. The maximum atomic E-state index is 10.5. The van der Waals surface area contributed by atoms with Crippen LogP contribution >= 0.6 is 11.3 Å². The summed E-state index contributed by atoms with van der Waals surface area (Å²) in [5, 5.41) is 10.3. The van der Waals surface area contributed by atoms with Crippen LogP contribution in [0.1, 0.15) is 16.1 Å². The molecule has 1 aromatic heterocycles. The van der Waals surface area contributed by atoms with Gasteiger partial charge in [-0.1, -0.05) is 0 Å². The molecule has 0 amide bonds. The van der Waals surface area contributed by atoms with Crippen molar-refractivity contribution >= 4 is 17.3 Å². The first-order valence-electron chi connectivity index (χ1n) is 3.88. The van der Waals surface area contributed by atoms with Crippen LogP contribution in [0.3, 0.4) is 0 Å². The van der Waals surface area contributed by atoms with Crippen LogP contribution in [0, 0.1) is 0 Å². The molecule has 0 spiro atoms. The fourth-order valence-corrected chi connectivity index (χ4v) is 1.44. The fraction of sp³-hybridized carbons (Fsp3) is 0.375. The third-order valence-corrected chi connectivity index (χ3v) is 2.30. The van der Waals surface area contributed by atoms with Gasteiger partial charge in [0, 0.05) is 11.4 Å². The molecule has 1 rings (SSSR count). The van der Waals surface area contributed by atoms with E-state index in [4.69, 9.17) is 15.6 Å². The molecular formula is C8H11NO3S. The predicted molar refractivity (Wildman–Crippen MR) is 50.4 cm³/mol. The second kappa shape index (κ2) is 4.84. The van der Waals surface area contributed by atoms with Crippen molar-refractivity contribution in [1.82, 2.24) is 0 Å². The van der Waals surface area contributed by atoms with Crippen LogP contribution in [-0.4, -0.2) is 24.2 Å². The van der Waals surface area contributed by atoms with Crippen molar-refractivity contribution in [2.75, 3.05) is 13.2 Å². The molecule has 5 heteroatoms. The number of carboxylic acid groups (broad SMARTS) is 1. The minimum atomic E-state index is -0.918. The Hall–Kier alpha value is -1.07. The van der Waals surface area contributed by atoms with E-state index in [0.717, 1.165) is 17.8 Å². The van der Waals surface area contributed by atoms with Crippen molar-refractivity contribution in [1.29, 1.82) is 0 Å². The van der Waals surface area contributed by atoms with Crippen molar-refractivity contribution in [2.45, 2.75) is 6.42 Å². The first kappa shape index (κ1) is 10.0. The fourth-order valence-electron chi connectivity index (χ4n) is 0.780. The highest BCUT2D eigenvalue weighted by atomic mass is 32.1. The smallest absolute Gasteiger partial charge is 0.346 e. The van der Waals surface area contributed by atoms with Crippen molar-refractivity contribution < 1.29 is 14.6 Å². The zero-order valence-electron chi connectivity index (χ0n) is 7.03. The van der Waals surface area contributed by atoms with Crippen LogP contribution in [0.4, 0.5) is 0 Å². The molecule has 0 aromatic carbocycles. The normalized spacial score (nSPS) is 9.92. The number of thiophene rings is 1. The van der Waals surface area contributed by atoms with Gasteiger partial charge >= 0.3 is 5.97 Å². The van der Waals surface area contributed by atoms with Gasteiger partial charge in [0.2, 0.25) is 0 Å². The highest BCUT2D eigenvalue weighted by molar-refractivity contribution is 7.12. The SMILES string of the molecule is NCCCOc1csc(C(=O)O)c1. The summed E-state index contributed by atoms with van der Waals surface area (Å²) in [7, 11) is 0. The molecular weight excluding hydrogens is 190 g/mol. The Balaban J connectivity index is 2.44. The topological polar surface area (TPSA) is 72.5 Å². The molecule has 1 heterocycles. The molecule has 0 bridgehead atoms. The summed E-state index contributed by atoms with van der Waals surface area (Å²) in [6.07, 6.45) is 0.776. The van der Waals surface area contributed by atoms with Crippen LogP contribution in [0.15, 0.2) is 11.4 Å². The summed E-state index contributed by atoms with van der Waals surface area (Å²) >= 11 is 1.16. The number of nitrogens with two attached hydrogens (primary N) is 1. The van der Waals surface area contributed by atoms with Crippen LogP contribution in [-0.2, 0) is 0 Å². The summed E-state index contributed by atoms with van der Waals surface area (Å²) in [5.74, 6) is -0.311. The third kappa shape index (κ3) is 3.04. The maximum absolute atomic E-state index is 10.5. The molecule has 0 unspecified atom stereocenters. The molecule has 0 saturated carbocycles. The largest absolute Gasteiger partial charge is 0.493 e. The van der Waals surface area contributed by atoms with Gasteiger partial charge in [0.1, 0.15) is 10.6 Å². The predicted octanol–water partition coefficient (Wildman–Crippen LogP) is 1.17. The first-order chi connectivity index (χ1) is 6.24. The van der Waals surface area contributed by atoms with E-state index in [2.05, 4.69) is 0 Å². The number of carbonyl (C=O) groups is 1. The maximum Gasteiger partial charge on any atom is 0.346 e. The van der Waals surface area contributed by atoms with Gasteiger partial charge in [-0.2, -0.15) is 0 Å². The minimum Gasteiger partial charge on any atom is -0.493 e. The molecule has 0 radical (unpaired) electrons. The quantitative estimate of drug-likeness (QED) is 0.701. The van der Waals surface area contributed by atoms with Gasteiger partial charge in [-0.15, -0.1) is 11.3 Å². The van der Waals surface area contributed by atoms with Crippen LogP contribution in [0.5, 0.6) is 5.75 Å². The van der Waals surface area contributed by atoms with E-state index < -0.39 is 5.97 Å².